The monoisotopic (exact) mass is 421 g/mol. The Kier molecular flexibility index (Phi) is 7.61. The molecule has 150 valence electrons. The van der Waals surface area contributed by atoms with Crippen molar-refractivity contribution in [3.63, 3.8) is 0 Å². The zero-order chi connectivity index (χ0) is 20.7. The molecule has 0 heterocycles. The van der Waals surface area contributed by atoms with Crippen LogP contribution in [0, 0.1) is 6.92 Å². The molecule has 0 aliphatic rings. The first kappa shape index (κ1) is 21.9. The third-order valence-electron chi connectivity index (χ3n) is 3.81. The lowest BCUT2D eigenvalue weighted by Gasteiger charge is -2.12. The molecule has 0 radical (unpaired) electrons. The molecule has 28 heavy (non-hydrogen) atoms. The van der Waals surface area contributed by atoms with E-state index in [9.17, 15) is 18.0 Å². The van der Waals surface area contributed by atoms with Gasteiger partial charge in [0.2, 0.25) is 15.9 Å². The molecule has 9 heteroatoms. The number of hydrogen-bond donors (Lipinski definition) is 2. The van der Waals surface area contributed by atoms with E-state index in [0.717, 1.165) is 9.87 Å². The Balaban J connectivity index is 1.84. The molecule has 2 rings (SSSR count). The zero-order valence-corrected chi connectivity index (χ0v) is 17.6. The summed E-state index contributed by atoms with van der Waals surface area (Å²) in [6.07, 6.45) is 0. The second kappa shape index (κ2) is 9.72. The average molecular weight is 422 g/mol. The van der Waals surface area contributed by atoms with Gasteiger partial charge >= 0.3 is 0 Å². The molecular weight excluding hydrogens is 398 g/mol. The molecule has 0 saturated carbocycles. The molecule has 0 bridgehead atoms. The summed E-state index contributed by atoms with van der Waals surface area (Å²) in [6, 6.07) is 13.7. The lowest BCUT2D eigenvalue weighted by molar-refractivity contribution is -0.119. The Labute approximate surface area is 169 Å². The maximum Gasteiger partial charge on any atom is 0.269 e. The lowest BCUT2D eigenvalue weighted by atomic mass is 10.2. The fraction of sp³-hybridized carbons (Fsp3) is 0.263. The summed E-state index contributed by atoms with van der Waals surface area (Å²) in [7, 11) is -0.816. The summed E-state index contributed by atoms with van der Waals surface area (Å²) in [4.78, 5) is 24.1. The smallest absolute Gasteiger partial charge is 0.269 e. The highest BCUT2D eigenvalue weighted by Crippen LogP contribution is 2.15. The fourth-order valence-electron chi connectivity index (χ4n) is 2.19. The first-order valence-corrected chi connectivity index (χ1v) is 11.0. The molecule has 0 unspecified atom stereocenters. The van der Waals surface area contributed by atoms with Crippen molar-refractivity contribution in [1.82, 2.24) is 15.2 Å². The van der Waals surface area contributed by atoms with Gasteiger partial charge < -0.3 is 0 Å². The molecule has 0 aliphatic carbocycles. The van der Waals surface area contributed by atoms with E-state index < -0.39 is 15.9 Å². The van der Waals surface area contributed by atoms with Crippen LogP contribution in [0.1, 0.15) is 21.5 Å². The first-order chi connectivity index (χ1) is 13.2. The molecule has 2 aromatic rings. The van der Waals surface area contributed by atoms with Crippen molar-refractivity contribution in [2.45, 2.75) is 17.6 Å². The second-order valence-corrected chi connectivity index (χ2v) is 9.43. The van der Waals surface area contributed by atoms with Crippen molar-refractivity contribution < 1.29 is 18.0 Å². The van der Waals surface area contributed by atoms with Gasteiger partial charge in [0.1, 0.15) is 0 Å². The average Bonchev–Trinajstić information content (AvgIpc) is 2.67. The van der Waals surface area contributed by atoms with Crippen LogP contribution in [0.25, 0.3) is 0 Å². The quantitative estimate of drug-likeness (QED) is 0.666. The van der Waals surface area contributed by atoms with Crippen molar-refractivity contribution in [3.8, 4) is 0 Å². The van der Waals surface area contributed by atoms with E-state index >= 15 is 0 Å². The summed E-state index contributed by atoms with van der Waals surface area (Å²) in [5, 5.41) is 0. The largest absolute Gasteiger partial charge is 0.272 e. The SMILES string of the molecule is Cc1ccc(CSCC(=O)NNC(=O)c2cccc(S(=O)(=O)N(C)C)c2)cc1. The number of carbonyl (C=O) groups is 2. The minimum Gasteiger partial charge on any atom is -0.272 e. The molecule has 0 spiro atoms. The van der Waals surface area contributed by atoms with Crippen LogP contribution in [-0.4, -0.2) is 44.4 Å². The van der Waals surface area contributed by atoms with E-state index in [2.05, 4.69) is 10.9 Å². The van der Waals surface area contributed by atoms with Crippen LogP contribution in [0.15, 0.2) is 53.4 Å². The molecule has 2 N–H and O–H groups in total. The number of carbonyl (C=O) groups excluding carboxylic acids is 2. The minimum absolute atomic E-state index is 0.00475. The highest BCUT2D eigenvalue weighted by molar-refractivity contribution is 7.99. The van der Waals surface area contributed by atoms with Gasteiger partial charge in [0, 0.05) is 25.4 Å². The molecular formula is C19H23N3O4S2. The molecule has 2 aromatic carbocycles. The summed E-state index contributed by atoms with van der Waals surface area (Å²) in [5.74, 6) is -0.0647. The Bertz CT molecular complexity index is 942. The van der Waals surface area contributed by atoms with Crippen LogP contribution < -0.4 is 10.9 Å². The van der Waals surface area contributed by atoms with Gasteiger partial charge in [-0.15, -0.1) is 11.8 Å². The molecule has 7 nitrogen and oxygen atoms in total. The van der Waals surface area contributed by atoms with Gasteiger partial charge in [-0.25, -0.2) is 12.7 Å². The lowest BCUT2D eigenvalue weighted by Crippen LogP contribution is -2.42. The van der Waals surface area contributed by atoms with Crippen molar-refractivity contribution >= 4 is 33.6 Å². The summed E-state index contributed by atoms with van der Waals surface area (Å²) < 4.78 is 25.4. The van der Waals surface area contributed by atoms with Crippen LogP contribution >= 0.6 is 11.8 Å². The summed E-state index contributed by atoms with van der Waals surface area (Å²) in [6.45, 7) is 2.01. The third kappa shape index (κ3) is 6.08. The standard InChI is InChI=1S/C19H23N3O4S2/c1-14-7-9-15(10-8-14)12-27-13-18(23)20-21-19(24)16-5-4-6-17(11-16)28(25,26)22(2)3/h4-11H,12-13H2,1-3H3,(H,20,23)(H,21,24). The van der Waals surface area contributed by atoms with E-state index in [0.29, 0.717) is 5.75 Å². The van der Waals surface area contributed by atoms with Gasteiger partial charge in [0.05, 0.1) is 10.6 Å². The summed E-state index contributed by atoms with van der Waals surface area (Å²) >= 11 is 1.43. The molecule has 0 saturated heterocycles. The molecule has 0 fully saturated rings. The maximum atomic E-state index is 12.2. The van der Waals surface area contributed by atoms with Gasteiger partial charge in [-0.2, -0.15) is 0 Å². The number of aryl methyl sites for hydroxylation is 1. The van der Waals surface area contributed by atoms with Crippen LogP contribution in [0.5, 0.6) is 0 Å². The van der Waals surface area contributed by atoms with Gasteiger partial charge in [-0.3, -0.25) is 20.4 Å². The number of hydrogen-bond acceptors (Lipinski definition) is 5. The number of nitrogens with zero attached hydrogens (tertiary/aromatic N) is 1. The zero-order valence-electron chi connectivity index (χ0n) is 15.9. The minimum atomic E-state index is -3.64. The van der Waals surface area contributed by atoms with Crippen LogP contribution in [0.3, 0.4) is 0 Å². The van der Waals surface area contributed by atoms with Crippen molar-refractivity contribution in [3.05, 3.63) is 65.2 Å². The van der Waals surface area contributed by atoms with Gasteiger partial charge in [0.15, 0.2) is 0 Å². The van der Waals surface area contributed by atoms with E-state index in [1.165, 1.54) is 55.7 Å². The number of benzene rings is 2. The molecule has 2 amide bonds. The second-order valence-electron chi connectivity index (χ2n) is 6.30. The fourth-order valence-corrected chi connectivity index (χ4v) is 3.93. The first-order valence-electron chi connectivity index (χ1n) is 8.45. The van der Waals surface area contributed by atoms with E-state index in [1.807, 2.05) is 31.2 Å². The number of nitrogens with one attached hydrogen (secondary N) is 2. The molecule has 0 aliphatic heterocycles. The maximum absolute atomic E-state index is 12.2. The van der Waals surface area contributed by atoms with Gasteiger partial charge in [-0.1, -0.05) is 35.9 Å². The van der Waals surface area contributed by atoms with Gasteiger partial charge in [0.25, 0.3) is 5.91 Å². The predicted octanol–water partition coefficient (Wildman–Crippen LogP) is 1.94. The molecule has 0 atom stereocenters. The topological polar surface area (TPSA) is 95.6 Å². The number of amides is 2. The number of hydrazine groups is 1. The normalized spacial score (nSPS) is 11.3. The van der Waals surface area contributed by atoms with E-state index in [1.54, 1.807) is 0 Å². The van der Waals surface area contributed by atoms with Crippen LogP contribution in [0.4, 0.5) is 0 Å². The van der Waals surface area contributed by atoms with Crippen LogP contribution in [0.2, 0.25) is 0 Å². The van der Waals surface area contributed by atoms with Crippen LogP contribution in [-0.2, 0) is 20.6 Å². The van der Waals surface area contributed by atoms with Gasteiger partial charge in [-0.05, 0) is 30.7 Å². The Morgan fingerprint density at radius 1 is 1.04 bits per heavy atom. The highest BCUT2D eigenvalue weighted by Gasteiger charge is 2.18. The highest BCUT2D eigenvalue weighted by atomic mass is 32.2. The molecule has 0 aromatic heterocycles. The Hall–Kier alpha value is -2.36. The Morgan fingerprint density at radius 3 is 2.36 bits per heavy atom. The Morgan fingerprint density at radius 2 is 1.71 bits per heavy atom. The number of rotatable bonds is 7. The number of thioether (sulfide) groups is 1. The van der Waals surface area contributed by atoms with E-state index in [4.69, 9.17) is 0 Å². The van der Waals surface area contributed by atoms with Crippen molar-refractivity contribution in [2.24, 2.45) is 0 Å². The third-order valence-corrected chi connectivity index (χ3v) is 6.63. The van der Waals surface area contributed by atoms with E-state index in [-0.39, 0.29) is 22.1 Å². The van der Waals surface area contributed by atoms with Crippen molar-refractivity contribution in [1.29, 1.82) is 0 Å². The van der Waals surface area contributed by atoms with Crippen molar-refractivity contribution in [2.75, 3.05) is 19.8 Å². The summed E-state index contributed by atoms with van der Waals surface area (Å²) in [5.41, 5.74) is 7.07. The number of sulfonamides is 1. The predicted molar refractivity (Wildman–Crippen MR) is 110 cm³/mol.